The summed E-state index contributed by atoms with van der Waals surface area (Å²) in [4.78, 5) is 38.1. The Morgan fingerprint density at radius 3 is 0.894 bits per heavy atom. The van der Waals surface area contributed by atoms with Crippen molar-refractivity contribution in [3.8, 4) is 0 Å². The lowest BCUT2D eigenvalue weighted by atomic mass is 10.0. The molecule has 0 saturated carbocycles. The lowest BCUT2D eigenvalue weighted by Crippen LogP contribution is -2.30. The first-order chi connectivity index (χ1) is 32.5. The minimum atomic E-state index is -0.794. The molecule has 1 atom stereocenters. The van der Waals surface area contributed by atoms with Crippen LogP contribution in [-0.4, -0.2) is 37.2 Å². The maximum absolute atomic E-state index is 12.8. The highest BCUT2D eigenvalue weighted by atomic mass is 16.6. The van der Waals surface area contributed by atoms with Crippen LogP contribution in [-0.2, 0) is 28.6 Å². The van der Waals surface area contributed by atoms with Crippen LogP contribution >= 0.6 is 0 Å². The van der Waals surface area contributed by atoms with Crippen molar-refractivity contribution >= 4 is 17.9 Å². The smallest absolute Gasteiger partial charge is 0.306 e. The van der Waals surface area contributed by atoms with E-state index in [0.717, 1.165) is 57.8 Å². The predicted molar refractivity (Wildman–Crippen MR) is 284 cm³/mol. The number of carbonyl (C=O) groups excluding carboxylic acids is 3. The van der Waals surface area contributed by atoms with E-state index in [1.54, 1.807) is 0 Å². The van der Waals surface area contributed by atoms with E-state index in [2.05, 4.69) is 57.2 Å². The normalized spacial score (nSPS) is 12.2. The van der Waals surface area contributed by atoms with Crippen molar-refractivity contribution in [2.45, 2.75) is 316 Å². The Hall–Kier alpha value is -2.37. The van der Waals surface area contributed by atoms with Gasteiger partial charge in [0, 0.05) is 19.3 Å². The largest absolute Gasteiger partial charge is 0.462 e. The van der Waals surface area contributed by atoms with Gasteiger partial charge in [0.15, 0.2) is 6.10 Å². The van der Waals surface area contributed by atoms with Gasteiger partial charge in [-0.05, 0) is 51.4 Å². The molecule has 0 amide bonds. The Kier molecular flexibility index (Phi) is 53.2. The average Bonchev–Trinajstić information content (AvgIpc) is 3.31. The molecule has 0 aromatic rings. The first kappa shape index (κ1) is 63.6. The molecule has 0 saturated heterocycles. The summed E-state index contributed by atoms with van der Waals surface area (Å²) in [5, 5.41) is 0. The Bertz CT molecular complexity index is 1110. The third-order valence-corrected chi connectivity index (χ3v) is 12.9. The topological polar surface area (TPSA) is 78.9 Å². The van der Waals surface area contributed by atoms with Crippen molar-refractivity contribution in [1.82, 2.24) is 0 Å². The van der Waals surface area contributed by atoms with Crippen LogP contribution in [0.3, 0.4) is 0 Å². The van der Waals surface area contributed by atoms with Crippen molar-refractivity contribution < 1.29 is 28.6 Å². The molecule has 0 rings (SSSR count). The van der Waals surface area contributed by atoms with Gasteiger partial charge in [0.1, 0.15) is 13.2 Å². The van der Waals surface area contributed by atoms with Crippen LogP contribution in [0.1, 0.15) is 310 Å². The van der Waals surface area contributed by atoms with Crippen LogP contribution in [0.5, 0.6) is 0 Å². The number of unbranched alkanes of at least 4 members (excludes halogenated alkanes) is 36. The van der Waals surface area contributed by atoms with Gasteiger partial charge in [0.2, 0.25) is 0 Å². The lowest BCUT2D eigenvalue weighted by molar-refractivity contribution is -0.167. The molecule has 0 fully saturated rings. The zero-order valence-corrected chi connectivity index (χ0v) is 44.2. The van der Waals surface area contributed by atoms with Gasteiger partial charge >= 0.3 is 17.9 Å². The SMILES string of the molecule is CCCCCCCC/C=C\C/C=C\C/C=C\CCCC(=O)O[C@@H](COC(=O)CCCCCCCCCCCCCC)COC(=O)CCCCCCCCCCCCCCCCCCCCC. The van der Waals surface area contributed by atoms with Gasteiger partial charge in [-0.2, -0.15) is 0 Å². The fourth-order valence-corrected chi connectivity index (χ4v) is 8.52. The van der Waals surface area contributed by atoms with E-state index < -0.39 is 6.10 Å². The number of allylic oxidation sites excluding steroid dienone is 6. The minimum absolute atomic E-state index is 0.0872. The molecule has 6 heteroatoms. The monoisotopic (exact) mass is 927 g/mol. The Morgan fingerprint density at radius 1 is 0.303 bits per heavy atom. The fourth-order valence-electron chi connectivity index (χ4n) is 8.52. The van der Waals surface area contributed by atoms with Gasteiger partial charge in [0.05, 0.1) is 0 Å². The maximum atomic E-state index is 12.8. The highest BCUT2D eigenvalue weighted by Gasteiger charge is 2.19. The first-order valence-electron chi connectivity index (χ1n) is 29.0. The summed E-state index contributed by atoms with van der Waals surface area (Å²) in [7, 11) is 0. The molecular formula is C60H110O6. The van der Waals surface area contributed by atoms with Crippen LogP contribution < -0.4 is 0 Å². The average molecular weight is 928 g/mol. The van der Waals surface area contributed by atoms with Crippen LogP contribution in [0.25, 0.3) is 0 Å². The summed E-state index contributed by atoms with van der Waals surface area (Å²) in [6.45, 7) is 6.63. The number of hydrogen-bond acceptors (Lipinski definition) is 6. The molecule has 0 radical (unpaired) electrons. The van der Waals surface area contributed by atoms with E-state index in [4.69, 9.17) is 14.2 Å². The van der Waals surface area contributed by atoms with E-state index in [1.165, 1.54) is 205 Å². The van der Waals surface area contributed by atoms with Crippen LogP contribution in [0.15, 0.2) is 36.5 Å². The molecule has 0 spiro atoms. The molecule has 0 aliphatic heterocycles. The van der Waals surface area contributed by atoms with Gasteiger partial charge in [-0.3, -0.25) is 14.4 Å². The minimum Gasteiger partial charge on any atom is -0.462 e. The summed E-state index contributed by atoms with van der Waals surface area (Å²) in [5.41, 5.74) is 0. The van der Waals surface area contributed by atoms with Crippen LogP contribution in [0, 0.1) is 0 Å². The molecule has 0 bridgehead atoms. The standard InChI is InChI=1S/C60H110O6/c1-4-7-10-13-16-19-22-25-27-29-30-32-33-35-38-41-44-47-50-53-59(62)65-56-57(55-64-58(61)52-49-46-43-40-37-24-21-18-15-12-9-6-3)66-60(63)54-51-48-45-42-39-36-34-31-28-26-23-20-17-14-11-8-5-2/h26,28,34,36,42,45,57H,4-25,27,29-33,35,37-41,43-44,46-56H2,1-3H3/b28-26-,36-34-,45-42-/t57-/m0/s1. The quantitative estimate of drug-likeness (QED) is 0.0262. The van der Waals surface area contributed by atoms with Crippen molar-refractivity contribution in [1.29, 1.82) is 0 Å². The second-order valence-electron chi connectivity index (χ2n) is 19.6. The van der Waals surface area contributed by atoms with Gasteiger partial charge in [-0.1, -0.05) is 276 Å². The van der Waals surface area contributed by atoms with Crippen molar-refractivity contribution in [2.24, 2.45) is 0 Å². The predicted octanol–water partition coefficient (Wildman–Crippen LogP) is 19.3. The molecule has 0 aromatic carbocycles. The highest BCUT2D eigenvalue weighted by Crippen LogP contribution is 2.17. The summed E-state index contributed by atoms with van der Waals surface area (Å²) >= 11 is 0. The molecule has 0 heterocycles. The van der Waals surface area contributed by atoms with Gasteiger partial charge in [-0.25, -0.2) is 0 Å². The molecular weight excluding hydrogens is 817 g/mol. The number of ether oxygens (including phenoxy) is 3. The zero-order chi connectivity index (χ0) is 47.9. The first-order valence-corrected chi connectivity index (χ1v) is 29.0. The second kappa shape index (κ2) is 55.2. The number of carbonyl (C=O) groups is 3. The molecule has 386 valence electrons. The Balaban J connectivity index is 4.37. The third kappa shape index (κ3) is 52.6. The molecule has 0 aromatic heterocycles. The summed E-state index contributed by atoms with van der Waals surface area (Å²) in [6, 6.07) is 0. The van der Waals surface area contributed by atoms with Gasteiger partial charge < -0.3 is 14.2 Å². The van der Waals surface area contributed by atoms with E-state index in [1.807, 2.05) is 0 Å². The van der Waals surface area contributed by atoms with Crippen LogP contribution in [0.4, 0.5) is 0 Å². The summed E-state index contributed by atoms with van der Waals surface area (Å²) in [5.74, 6) is -0.922. The molecule has 66 heavy (non-hydrogen) atoms. The summed E-state index contributed by atoms with van der Waals surface area (Å²) < 4.78 is 16.8. The second-order valence-corrected chi connectivity index (χ2v) is 19.6. The number of rotatable bonds is 53. The summed E-state index contributed by atoms with van der Waals surface area (Å²) in [6.07, 6.45) is 65.7. The number of esters is 3. The molecule has 0 aliphatic carbocycles. The Labute approximate surface area is 410 Å². The van der Waals surface area contributed by atoms with Gasteiger partial charge in [-0.15, -0.1) is 0 Å². The number of hydrogen-bond donors (Lipinski definition) is 0. The third-order valence-electron chi connectivity index (χ3n) is 12.9. The van der Waals surface area contributed by atoms with Crippen molar-refractivity contribution in [3.63, 3.8) is 0 Å². The van der Waals surface area contributed by atoms with Gasteiger partial charge in [0.25, 0.3) is 0 Å². The lowest BCUT2D eigenvalue weighted by Gasteiger charge is -2.18. The zero-order valence-electron chi connectivity index (χ0n) is 44.2. The van der Waals surface area contributed by atoms with Crippen LogP contribution in [0.2, 0.25) is 0 Å². The van der Waals surface area contributed by atoms with Crippen molar-refractivity contribution in [3.05, 3.63) is 36.5 Å². The fraction of sp³-hybridized carbons (Fsp3) is 0.850. The van der Waals surface area contributed by atoms with E-state index in [0.29, 0.717) is 19.3 Å². The van der Waals surface area contributed by atoms with E-state index in [9.17, 15) is 14.4 Å². The Morgan fingerprint density at radius 2 is 0.561 bits per heavy atom. The van der Waals surface area contributed by atoms with Crippen molar-refractivity contribution in [2.75, 3.05) is 13.2 Å². The maximum Gasteiger partial charge on any atom is 0.306 e. The van der Waals surface area contributed by atoms with E-state index >= 15 is 0 Å². The highest BCUT2D eigenvalue weighted by molar-refractivity contribution is 5.71. The van der Waals surface area contributed by atoms with E-state index in [-0.39, 0.29) is 37.5 Å². The molecule has 0 aliphatic rings. The molecule has 6 nitrogen and oxygen atoms in total. The molecule has 0 unspecified atom stereocenters. The molecule has 0 N–H and O–H groups in total.